The molecule has 0 unspecified atom stereocenters. The van der Waals surface area contributed by atoms with E-state index in [4.69, 9.17) is 0 Å². The standard InChI is InChI=1S/C17H11NO/c19-17-13-6-2-1-5-11(13)9-12-10-18-15-8-4-3-7-14(15)16(12)17/h1-8,10H,9H2. The van der Waals surface area contributed by atoms with Gasteiger partial charge in [-0.3, -0.25) is 9.78 Å². The van der Waals surface area contributed by atoms with Crippen molar-refractivity contribution in [3.8, 4) is 0 Å². The second-order valence-electron chi connectivity index (χ2n) is 4.84. The van der Waals surface area contributed by atoms with Gasteiger partial charge in [-0.2, -0.15) is 0 Å². The number of carbonyl (C=O) groups is 1. The van der Waals surface area contributed by atoms with Crippen molar-refractivity contribution in [3.63, 3.8) is 0 Å². The highest BCUT2D eigenvalue weighted by atomic mass is 16.1. The zero-order valence-corrected chi connectivity index (χ0v) is 10.3. The number of hydrogen-bond acceptors (Lipinski definition) is 2. The van der Waals surface area contributed by atoms with E-state index in [1.54, 1.807) is 0 Å². The van der Waals surface area contributed by atoms with Gasteiger partial charge in [-0.1, -0.05) is 42.5 Å². The summed E-state index contributed by atoms with van der Waals surface area (Å²) in [6, 6.07) is 15.7. The normalized spacial score (nSPS) is 13.2. The molecule has 90 valence electrons. The van der Waals surface area contributed by atoms with E-state index in [1.165, 1.54) is 0 Å². The summed E-state index contributed by atoms with van der Waals surface area (Å²) < 4.78 is 0. The summed E-state index contributed by atoms with van der Waals surface area (Å²) in [5, 5.41) is 0.958. The molecule has 0 radical (unpaired) electrons. The van der Waals surface area contributed by atoms with E-state index in [0.29, 0.717) is 0 Å². The highest BCUT2D eigenvalue weighted by Gasteiger charge is 2.24. The molecule has 1 heterocycles. The van der Waals surface area contributed by atoms with Crippen LogP contribution < -0.4 is 0 Å². The highest BCUT2D eigenvalue weighted by Crippen LogP contribution is 2.31. The molecule has 0 atom stereocenters. The van der Waals surface area contributed by atoms with Gasteiger partial charge < -0.3 is 0 Å². The van der Waals surface area contributed by atoms with Gasteiger partial charge in [0.05, 0.1) is 5.52 Å². The van der Waals surface area contributed by atoms with Gasteiger partial charge in [-0.15, -0.1) is 0 Å². The zero-order valence-electron chi connectivity index (χ0n) is 10.3. The Morgan fingerprint density at radius 3 is 2.63 bits per heavy atom. The molecule has 1 aliphatic carbocycles. The van der Waals surface area contributed by atoms with Crippen molar-refractivity contribution in [3.05, 3.63) is 77.0 Å². The van der Waals surface area contributed by atoms with Crippen LogP contribution in [0.25, 0.3) is 10.9 Å². The first kappa shape index (κ1) is 10.4. The molecule has 0 fully saturated rings. The molecule has 2 heteroatoms. The lowest BCUT2D eigenvalue weighted by atomic mass is 9.84. The number of aromatic nitrogens is 1. The Morgan fingerprint density at radius 2 is 1.68 bits per heavy atom. The number of rotatable bonds is 0. The zero-order chi connectivity index (χ0) is 12.8. The van der Waals surface area contributed by atoms with Crippen LogP contribution >= 0.6 is 0 Å². The number of fused-ring (bicyclic) bond motifs is 4. The SMILES string of the molecule is O=C1c2ccccc2Cc2cnc3ccccc3c21. The molecule has 0 aliphatic heterocycles. The van der Waals surface area contributed by atoms with Gasteiger partial charge in [0, 0.05) is 29.1 Å². The third kappa shape index (κ3) is 1.43. The third-order valence-electron chi connectivity index (χ3n) is 3.72. The highest BCUT2D eigenvalue weighted by molar-refractivity contribution is 6.18. The van der Waals surface area contributed by atoms with E-state index >= 15 is 0 Å². The topological polar surface area (TPSA) is 30.0 Å². The lowest BCUT2D eigenvalue weighted by Crippen LogP contribution is -2.15. The number of para-hydroxylation sites is 1. The predicted octanol–water partition coefficient (Wildman–Crippen LogP) is 3.37. The lowest BCUT2D eigenvalue weighted by molar-refractivity contribution is 0.103. The maximum absolute atomic E-state index is 12.7. The van der Waals surface area contributed by atoms with Crippen LogP contribution in [0.5, 0.6) is 0 Å². The van der Waals surface area contributed by atoms with E-state index < -0.39 is 0 Å². The number of hydrogen-bond donors (Lipinski definition) is 0. The van der Waals surface area contributed by atoms with E-state index in [2.05, 4.69) is 4.98 Å². The van der Waals surface area contributed by atoms with Crippen LogP contribution in [0.2, 0.25) is 0 Å². The Balaban J connectivity index is 2.07. The van der Waals surface area contributed by atoms with Gasteiger partial charge in [0.15, 0.2) is 5.78 Å². The van der Waals surface area contributed by atoms with Crippen LogP contribution in [0.4, 0.5) is 0 Å². The molecule has 2 nitrogen and oxygen atoms in total. The molecule has 2 aromatic carbocycles. The molecule has 1 aliphatic rings. The molecule has 0 spiro atoms. The molecular weight excluding hydrogens is 234 g/mol. The number of carbonyl (C=O) groups excluding carboxylic acids is 1. The first-order chi connectivity index (χ1) is 9.34. The minimum absolute atomic E-state index is 0.121. The molecule has 0 saturated heterocycles. The van der Waals surface area contributed by atoms with Gasteiger partial charge >= 0.3 is 0 Å². The first-order valence-corrected chi connectivity index (χ1v) is 6.34. The average Bonchev–Trinajstić information content (AvgIpc) is 2.47. The largest absolute Gasteiger partial charge is 0.289 e. The molecule has 3 aromatic rings. The number of pyridine rings is 1. The van der Waals surface area contributed by atoms with E-state index in [-0.39, 0.29) is 5.78 Å². The van der Waals surface area contributed by atoms with Crippen LogP contribution in [0.1, 0.15) is 27.0 Å². The van der Waals surface area contributed by atoms with Crippen molar-refractivity contribution in [2.75, 3.05) is 0 Å². The van der Waals surface area contributed by atoms with Crippen molar-refractivity contribution in [2.24, 2.45) is 0 Å². The van der Waals surface area contributed by atoms with Crippen LogP contribution in [0.15, 0.2) is 54.7 Å². The van der Waals surface area contributed by atoms with E-state index in [0.717, 1.165) is 39.6 Å². The van der Waals surface area contributed by atoms with Gasteiger partial charge in [0.2, 0.25) is 0 Å². The molecule has 19 heavy (non-hydrogen) atoms. The Morgan fingerprint density at radius 1 is 0.895 bits per heavy atom. The predicted molar refractivity (Wildman–Crippen MR) is 74.4 cm³/mol. The fourth-order valence-corrected chi connectivity index (χ4v) is 2.82. The van der Waals surface area contributed by atoms with Crippen molar-refractivity contribution >= 4 is 16.7 Å². The van der Waals surface area contributed by atoms with Crippen molar-refractivity contribution in [1.29, 1.82) is 0 Å². The number of benzene rings is 2. The molecule has 0 N–H and O–H groups in total. The number of nitrogens with zero attached hydrogens (tertiary/aromatic N) is 1. The Kier molecular flexibility index (Phi) is 2.06. The molecule has 1 aromatic heterocycles. The summed E-state index contributed by atoms with van der Waals surface area (Å²) in [4.78, 5) is 17.1. The maximum Gasteiger partial charge on any atom is 0.194 e. The summed E-state index contributed by atoms with van der Waals surface area (Å²) in [5.41, 5.74) is 4.66. The monoisotopic (exact) mass is 245 g/mol. The summed E-state index contributed by atoms with van der Waals surface area (Å²) in [7, 11) is 0. The summed E-state index contributed by atoms with van der Waals surface area (Å²) in [6.45, 7) is 0. The summed E-state index contributed by atoms with van der Waals surface area (Å²) in [6.07, 6.45) is 2.63. The fourth-order valence-electron chi connectivity index (χ4n) is 2.82. The molecule has 0 saturated carbocycles. The van der Waals surface area contributed by atoms with Crippen LogP contribution in [-0.4, -0.2) is 10.8 Å². The van der Waals surface area contributed by atoms with Crippen LogP contribution in [0.3, 0.4) is 0 Å². The maximum atomic E-state index is 12.7. The second kappa shape index (κ2) is 3.75. The lowest BCUT2D eigenvalue weighted by Gasteiger charge is -2.19. The smallest absolute Gasteiger partial charge is 0.194 e. The van der Waals surface area contributed by atoms with Crippen LogP contribution in [0, 0.1) is 0 Å². The Hall–Kier alpha value is -2.48. The third-order valence-corrected chi connectivity index (χ3v) is 3.72. The van der Waals surface area contributed by atoms with Crippen molar-refractivity contribution in [1.82, 2.24) is 4.98 Å². The minimum atomic E-state index is 0.121. The molecule has 4 rings (SSSR count). The van der Waals surface area contributed by atoms with E-state index in [1.807, 2.05) is 54.7 Å². The first-order valence-electron chi connectivity index (χ1n) is 6.34. The van der Waals surface area contributed by atoms with Crippen LogP contribution in [-0.2, 0) is 6.42 Å². The van der Waals surface area contributed by atoms with E-state index in [9.17, 15) is 4.79 Å². The summed E-state index contributed by atoms with van der Waals surface area (Å²) in [5.74, 6) is 0.121. The number of ketones is 1. The molecule has 0 bridgehead atoms. The second-order valence-corrected chi connectivity index (χ2v) is 4.84. The van der Waals surface area contributed by atoms with Gasteiger partial charge in [-0.25, -0.2) is 0 Å². The molecule has 0 amide bonds. The van der Waals surface area contributed by atoms with Gasteiger partial charge in [-0.05, 0) is 17.2 Å². The molecular formula is C17H11NO. The Labute approximate surface area is 110 Å². The van der Waals surface area contributed by atoms with Crippen molar-refractivity contribution < 1.29 is 4.79 Å². The van der Waals surface area contributed by atoms with Crippen molar-refractivity contribution in [2.45, 2.75) is 6.42 Å². The minimum Gasteiger partial charge on any atom is -0.289 e. The fraction of sp³-hybridized carbons (Fsp3) is 0.0588. The average molecular weight is 245 g/mol. The van der Waals surface area contributed by atoms with Gasteiger partial charge in [0.25, 0.3) is 0 Å². The van der Waals surface area contributed by atoms with Gasteiger partial charge in [0.1, 0.15) is 0 Å². The Bertz CT molecular complexity index is 820. The summed E-state index contributed by atoms with van der Waals surface area (Å²) >= 11 is 0. The quantitative estimate of drug-likeness (QED) is 0.475.